The van der Waals surface area contributed by atoms with Crippen molar-refractivity contribution in [1.82, 2.24) is 4.90 Å². The summed E-state index contributed by atoms with van der Waals surface area (Å²) >= 11 is 0.752. The summed E-state index contributed by atoms with van der Waals surface area (Å²) in [4.78, 5) is 51.8. The van der Waals surface area contributed by atoms with E-state index in [-0.39, 0.29) is 17.4 Å². The van der Waals surface area contributed by atoms with Crippen LogP contribution in [0.1, 0.15) is 23.6 Å². The highest BCUT2D eigenvalue weighted by atomic mass is 32.2. The molecule has 1 heterocycles. The van der Waals surface area contributed by atoms with Gasteiger partial charge in [0.05, 0.1) is 24.3 Å². The first-order valence-electron chi connectivity index (χ1n) is 13.1. The number of anilines is 2. The molecule has 3 aromatic carbocycles. The molecule has 42 heavy (non-hydrogen) atoms. The predicted molar refractivity (Wildman–Crippen MR) is 162 cm³/mol. The summed E-state index contributed by atoms with van der Waals surface area (Å²) in [6, 6.07) is 17.6. The van der Waals surface area contributed by atoms with Crippen LogP contribution in [-0.2, 0) is 14.4 Å². The average molecular weight is 590 g/mol. The van der Waals surface area contributed by atoms with Crippen LogP contribution in [0.5, 0.6) is 17.2 Å². The van der Waals surface area contributed by atoms with Crippen LogP contribution in [0.15, 0.2) is 65.6 Å². The zero-order valence-electron chi connectivity index (χ0n) is 23.7. The van der Waals surface area contributed by atoms with Crippen molar-refractivity contribution in [2.24, 2.45) is 0 Å². The molecule has 1 fully saturated rings. The lowest BCUT2D eigenvalue weighted by molar-refractivity contribution is -0.127. The highest BCUT2D eigenvalue weighted by Crippen LogP contribution is 2.35. The van der Waals surface area contributed by atoms with Gasteiger partial charge in [-0.1, -0.05) is 36.4 Å². The standard InChI is InChI=1S/C31H31N3O7S/c1-5-40-23-12-7-6-11-22(23)32-28(36)18-41-24-14-13-21(15-25(24)39-4)16-26-30(37)34(31(38)42-26)17-27(35)33-29-19(2)9-8-10-20(29)3/h6-16H,5,17-18H2,1-4H3,(H,32,36)(H,33,35)/b26-16+. The summed E-state index contributed by atoms with van der Waals surface area (Å²) in [5.41, 5.74) is 3.52. The van der Waals surface area contributed by atoms with Crippen molar-refractivity contribution >= 4 is 52.2 Å². The highest BCUT2D eigenvalue weighted by Gasteiger charge is 2.36. The van der Waals surface area contributed by atoms with E-state index in [1.807, 2.05) is 45.0 Å². The summed E-state index contributed by atoms with van der Waals surface area (Å²) < 4.78 is 16.6. The van der Waals surface area contributed by atoms with Gasteiger partial charge in [0.1, 0.15) is 12.3 Å². The van der Waals surface area contributed by atoms with Gasteiger partial charge in [-0.05, 0) is 79.6 Å². The maximum absolute atomic E-state index is 13.0. The first-order chi connectivity index (χ1) is 20.2. The van der Waals surface area contributed by atoms with Gasteiger partial charge < -0.3 is 24.8 Å². The molecule has 2 N–H and O–H groups in total. The number of hydrogen-bond donors (Lipinski definition) is 2. The molecular weight excluding hydrogens is 558 g/mol. The minimum atomic E-state index is -0.565. The van der Waals surface area contributed by atoms with Crippen molar-refractivity contribution in [3.63, 3.8) is 0 Å². The number of nitrogens with one attached hydrogen (secondary N) is 2. The molecule has 0 radical (unpaired) electrons. The maximum Gasteiger partial charge on any atom is 0.294 e. The number of hydrogen-bond acceptors (Lipinski definition) is 8. The normalized spacial score (nSPS) is 13.7. The molecule has 4 rings (SSSR count). The fourth-order valence-electron chi connectivity index (χ4n) is 4.20. The number of thioether (sulfide) groups is 1. The third-order valence-electron chi connectivity index (χ3n) is 6.23. The molecule has 10 nitrogen and oxygen atoms in total. The molecule has 0 unspecified atom stereocenters. The molecule has 3 aromatic rings. The van der Waals surface area contributed by atoms with Gasteiger partial charge in [-0.15, -0.1) is 0 Å². The van der Waals surface area contributed by atoms with Gasteiger partial charge in [-0.3, -0.25) is 24.1 Å². The minimum absolute atomic E-state index is 0.169. The molecule has 1 aliphatic heterocycles. The van der Waals surface area contributed by atoms with Gasteiger partial charge in [-0.2, -0.15) is 0 Å². The van der Waals surface area contributed by atoms with Crippen LogP contribution in [0.3, 0.4) is 0 Å². The number of imide groups is 1. The van der Waals surface area contributed by atoms with Crippen molar-refractivity contribution in [3.05, 3.63) is 82.3 Å². The van der Waals surface area contributed by atoms with E-state index in [2.05, 4.69) is 10.6 Å². The Bertz CT molecular complexity index is 1530. The Labute approximate surface area is 248 Å². The van der Waals surface area contributed by atoms with E-state index in [1.165, 1.54) is 13.2 Å². The molecule has 0 bridgehead atoms. The van der Waals surface area contributed by atoms with Crippen molar-refractivity contribution in [2.75, 3.05) is 37.5 Å². The number of para-hydroxylation sites is 3. The number of methoxy groups -OCH3 is 1. The third kappa shape index (κ3) is 7.29. The molecule has 1 aliphatic rings. The molecule has 0 spiro atoms. The zero-order valence-corrected chi connectivity index (χ0v) is 24.5. The number of amides is 4. The van der Waals surface area contributed by atoms with Gasteiger partial charge in [0.15, 0.2) is 18.1 Å². The third-order valence-corrected chi connectivity index (χ3v) is 7.13. The smallest absolute Gasteiger partial charge is 0.294 e. The van der Waals surface area contributed by atoms with E-state index in [4.69, 9.17) is 14.2 Å². The Morgan fingerprint density at radius 1 is 0.881 bits per heavy atom. The quantitative estimate of drug-likeness (QED) is 0.285. The Balaban J connectivity index is 1.39. The van der Waals surface area contributed by atoms with E-state index >= 15 is 0 Å². The summed E-state index contributed by atoms with van der Waals surface area (Å²) in [5, 5.41) is 5.02. The summed E-state index contributed by atoms with van der Waals surface area (Å²) in [5.74, 6) is -0.211. The van der Waals surface area contributed by atoms with E-state index in [9.17, 15) is 19.2 Å². The molecule has 11 heteroatoms. The Morgan fingerprint density at radius 3 is 2.33 bits per heavy atom. The summed E-state index contributed by atoms with van der Waals surface area (Å²) in [6.07, 6.45) is 1.54. The molecular formula is C31H31N3O7S. The van der Waals surface area contributed by atoms with E-state index in [0.29, 0.717) is 40.8 Å². The number of carbonyl (C=O) groups excluding carboxylic acids is 4. The molecule has 4 amide bonds. The summed E-state index contributed by atoms with van der Waals surface area (Å²) in [6.45, 7) is 5.38. The fourth-order valence-corrected chi connectivity index (χ4v) is 5.03. The monoisotopic (exact) mass is 589 g/mol. The lowest BCUT2D eigenvalue weighted by Gasteiger charge is -2.15. The van der Waals surface area contributed by atoms with Gasteiger partial charge in [-0.25, -0.2) is 0 Å². The Hall–Kier alpha value is -4.77. The van der Waals surface area contributed by atoms with Crippen LogP contribution in [0.4, 0.5) is 16.2 Å². The first kappa shape index (κ1) is 30.2. The SMILES string of the molecule is CCOc1ccccc1NC(=O)COc1ccc(/C=C2/SC(=O)N(CC(=O)Nc3c(C)cccc3C)C2=O)cc1OC. The van der Waals surface area contributed by atoms with Crippen LogP contribution in [0.25, 0.3) is 6.08 Å². The second-order valence-electron chi connectivity index (χ2n) is 9.26. The van der Waals surface area contributed by atoms with Crippen molar-refractivity contribution < 1.29 is 33.4 Å². The molecule has 0 saturated carbocycles. The van der Waals surface area contributed by atoms with Gasteiger partial charge >= 0.3 is 0 Å². The first-order valence-corrected chi connectivity index (χ1v) is 14.0. The van der Waals surface area contributed by atoms with Crippen molar-refractivity contribution in [3.8, 4) is 17.2 Å². The Kier molecular flexibility index (Phi) is 9.87. The lowest BCUT2D eigenvalue weighted by Crippen LogP contribution is -2.36. The zero-order chi connectivity index (χ0) is 30.2. The van der Waals surface area contributed by atoms with Crippen LogP contribution >= 0.6 is 11.8 Å². The number of ether oxygens (including phenoxy) is 3. The molecule has 218 valence electrons. The summed E-state index contributed by atoms with van der Waals surface area (Å²) in [7, 11) is 1.45. The molecule has 0 aromatic heterocycles. The maximum atomic E-state index is 13.0. The van der Waals surface area contributed by atoms with E-state index in [1.54, 1.807) is 36.4 Å². The van der Waals surface area contributed by atoms with Crippen LogP contribution in [-0.4, -0.2) is 54.7 Å². The van der Waals surface area contributed by atoms with Crippen LogP contribution in [0.2, 0.25) is 0 Å². The number of nitrogens with zero attached hydrogens (tertiary/aromatic N) is 1. The Morgan fingerprint density at radius 2 is 1.62 bits per heavy atom. The molecule has 0 aliphatic carbocycles. The van der Waals surface area contributed by atoms with Gasteiger partial charge in [0.2, 0.25) is 5.91 Å². The number of rotatable bonds is 11. The molecule has 0 atom stereocenters. The number of aryl methyl sites for hydroxylation is 2. The van der Waals surface area contributed by atoms with E-state index < -0.39 is 23.6 Å². The minimum Gasteiger partial charge on any atom is -0.493 e. The fraction of sp³-hybridized carbons (Fsp3) is 0.226. The van der Waals surface area contributed by atoms with Crippen LogP contribution in [0, 0.1) is 13.8 Å². The van der Waals surface area contributed by atoms with Gasteiger partial charge in [0, 0.05) is 5.69 Å². The predicted octanol–water partition coefficient (Wildman–Crippen LogP) is 5.40. The second kappa shape index (κ2) is 13.7. The largest absolute Gasteiger partial charge is 0.493 e. The van der Waals surface area contributed by atoms with Crippen molar-refractivity contribution in [1.29, 1.82) is 0 Å². The number of carbonyl (C=O) groups is 4. The number of benzene rings is 3. The van der Waals surface area contributed by atoms with E-state index in [0.717, 1.165) is 27.8 Å². The molecule has 1 saturated heterocycles. The van der Waals surface area contributed by atoms with Crippen LogP contribution < -0.4 is 24.8 Å². The second-order valence-corrected chi connectivity index (χ2v) is 10.3. The van der Waals surface area contributed by atoms with Gasteiger partial charge in [0.25, 0.3) is 17.1 Å². The topological polar surface area (TPSA) is 123 Å². The highest BCUT2D eigenvalue weighted by molar-refractivity contribution is 8.18. The van der Waals surface area contributed by atoms with Crippen molar-refractivity contribution in [2.45, 2.75) is 20.8 Å². The average Bonchev–Trinajstić information content (AvgIpc) is 3.22. The lowest BCUT2D eigenvalue weighted by atomic mass is 10.1.